The molecule has 88 valence electrons. The van der Waals surface area contributed by atoms with Crippen LogP contribution in [0.5, 0.6) is 0 Å². The first-order chi connectivity index (χ1) is 8.16. The van der Waals surface area contributed by atoms with Crippen molar-refractivity contribution in [2.45, 2.75) is 18.7 Å². The first-order valence-electron chi connectivity index (χ1n) is 5.47. The molecule has 1 aromatic heterocycles. The second-order valence-corrected chi connectivity index (χ2v) is 4.55. The molecule has 2 rings (SSSR count). The summed E-state index contributed by atoms with van der Waals surface area (Å²) >= 11 is 6.21. The van der Waals surface area contributed by atoms with Gasteiger partial charge in [0.25, 0.3) is 0 Å². The zero-order valence-corrected chi connectivity index (χ0v) is 10.3. The highest BCUT2D eigenvalue weighted by Crippen LogP contribution is 2.26. The maximum Gasteiger partial charge on any atom is 0.127 e. The Morgan fingerprint density at radius 3 is 2.65 bits per heavy atom. The Morgan fingerprint density at radius 1 is 1.24 bits per heavy atom. The van der Waals surface area contributed by atoms with Crippen LogP contribution in [0, 0.1) is 12.7 Å². The lowest BCUT2D eigenvalue weighted by molar-refractivity contribution is 0.605. The van der Waals surface area contributed by atoms with Crippen LogP contribution in [0.3, 0.4) is 0 Å². The molecule has 0 aliphatic carbocycles. The van der Waals surface area contributed by atoms with E-state index in [0.717, 1.165) is 11.3 Å². The number of pyridine rings is 1. The summed E-state index contributed by atoms with van der Waals surface area (Å²) in [5, 5.41) is -0.383. The monoisotopic (exact) mass is 249 g/mol. The molecule has 1 nitrogen and oxygen atoms in total. The zero-order valence-electron chi connectivity index (χ0n) is 9.53. The summed E-state index contributed by atoms with van der Waals surface area (Å²) in [6.45, 7) is 1.98. The van der Waals surface area contributed by atoms with E-state index in [9.17, 15) is 4.39 Å². The lowest BCUT2D eigenvalue weighted by Crippen LogP contribution is -2.00. The number of halogens is 2. The van der Waals surface area contributed by atoms with Gasteiger partial charge in [0.05, 0.1) is 5.38 Å². The molecule has 0 N–H and O–H groups in total. The Kier molecular flexibility index (Phi) is 3.75. The molecule has 2 aromatic rings. The molecule has 0 aliphatic heterocycles. The van der Waals surface area contributed by atoms with E-state index in [0.29, 0.717) is 12.0 Å². The van der Waals surface area contributed by atoms with Gasteiger partial charge in [-0.15, -0.1) is 11.6 Å². The van der Waals surface area contributed by atoms with Gasteiger partial charge in [-0.25, -0.2) is 4.39 Å². The summed E-state index contributed by atoms with van der Waals surface area (Å²) in [7, 11) is 0. The zero-order chi connectivity index (χ0) is 12.3. The molecule has 1 atom stereocenters. The molecule has 1 aromatic carbocycles. The van der Waals surface area contributed by atoms with Crippen LogP contribution in [0.15, 0.2) is 42.6 Å². The van der Waals surface area contributed by atoms with Gasteiger partial charge < -0.3 is 0 Å². The molecule has 0 aliphatic rings. The summed E-state index contributed by atoms with van der Waals surface area (Å²) in [6, 6.07) is 10.5. The minimum atomic E-state index is -0.383. The van der Waals surface area contributed by atoms with E-state index in [4.69, 9.17) is 11.6 Å². The lowest BCUT2D eigenvalue weighted by Gasteiger charge is -2.10. The van der Waals surface area contributed by atoms with Crippen molar-refractivity contribution in [2.75, 3.05) is 0 Å². The predicted molar refractivity (Wildman–Crippen MR) is 67.7 cm³/mol. The van der Waals surface area contributed by atoms with E-state index in [1.54, 1.807) is 24.4 Å². The second kappa shape index (κ2) is 5.28. The molecule has 17 heavy (non-hydrogen) atoms. The summed E-state index contributed by atoms with van der Waals surface area (Å²) < 4.78 is 13.5. The third-order valence-corrected chi connectivity index (χ3v) is 2.99. The van der Waals surface area contributed by atoms with Gasteiger partial charge in [-0.2, -0.15) is 0 Å². The molecular formula is C14H13ClFN. The van der Waals surface area contributed by atoms with Crippen molar-refractivity contribution in [3.63, 3.8) is 0 Å². The fourth-order valence-corrected chi connectivity index (χ4v) is 1.98. The summed E-state index contributed by atoms with van der Waals surface area (Å²) in [6.07, 6.45) is 2.32. The normalized spacial score (nSPS) is 12.4. The Morgan fingerprint density at radius 2 is 2.00 bits per heavy atom. The molecule has 0 saturated carbocycles. The summed E-state index contributed by atoms with van der Waals surface area (Å²) in [5.41, 5.74) is 2.50. The van der Waals surface area contributed by atoms with E-state index in [1.807, 2.05) is 19.1 Å². The van der Waals surface area contributed by atoms with Crippen LogP contribution >= 0.6 is 11.6 Å². The van der Waals surface area contributed by atoms with E-state index < -0.39 is 0 Å². The summed E-state index contributed by atoms with van der Waals surface area (Å²) in [4.78, 5) is 4.27. The van der Waals surface area contributed by atoms with Gasteiger partial charge in [0.15, 0.2) is 0 Å². The number of aromatic nitrogens is 1. The maximum absolute atomic E-state index is 13.5. The lowest BCUT2D eigenvalue weighted by atomic mass is 10.1. The van der Waals surface area contributed by atoms with Crippen molar-refractivity contribution in [3.8, 4) is 0 Å². The number of aryl methyl sites for hydroxylation is 1. The highest BCUT2D eigenvalue weighted by molar-refractivity contribution is 6.20. The van der Waals surface area contributed by atoms with Gasteiger partial charge in [0, 0.05) is 23.9 Å². The van der Waals surface area contributed by atoms with Crippen LogP contribution in [0.25, 0.3) is 0 Å². The van der Waals surface area contributed by atoms with Crippen LogP contribution < -0.4 is 0 Å². The summed E-state index contributed by atoms with van der Waals surface area (Å²) in [5.74, 6) is -0.264. The van der Waals surface area contributed by atoms with Crippen molar-refractivity contribution in [1.29, 1.82) is 0 Å². The molecule has 0 spiro atoms. The molecule has 1 heterocycles. The Hall–Kier alpha value is -1.41. The largest absolute Gasteiger partial charge is 0.261 e. The SMILES string of the molecule is Cc1ccc(CC(Cl)c2ccccc2F)nc1. The van der Waals surface area contributed by atoms with E-state index in [2.05, 4.69) is 4.98 Å². The van der Waals surface area contributed by atoms with Crippen LogP contribution in [0.1, 0.15) is 22.2 Å². The van der Waals surface area contributed by atoms with Crippen LogP contribution in [-0.2, 0) is 6.42 Å². The van der Waals surface area contributed by atoms with Crippen LogP contribution in [0.4, 0.5) is 4.39 Å². The van der Waals surface area contributed by atoms with Gasteiger partial charge in [0.1, 0.15) is 5.82 Å². The van der Waals surface area contributed by atoms with Gasteiger partial charge in [0.2, 0.25) is 0 Å². The first-order valence-corrected chi connectivity index (χ1v) is 5.90. The number of nitrogens with zero attached hydrogens (tertiary/aromatic N) is 1. The van der Waals surface area contributed by atoms with Crippen LogP contribution in [0.2, 0.25) is 0 Å². The number of rotatable bonds is 3. The van der Waals surface area contributed by atoms with Crippen molar-refractivity contribution in [3.05, 3.63) is 65.2 Å². The third kappa shape index (κ3) is 3.04. The van der Waals surface area contributed by atoms with Crippen molar-refractivity contribution in [1.82, 2.24) is 4.98 Å². The van der Waals surface area contributed by atoms with E-state index >= 15 is 0 Å². The fraction of sp³-hybridized carbons (Fsp3) is 0.214. The van der Waals surface area contributed by atoms with Gasteiger partial charge in [-0.05, 0) is 24.6 Å². The minimum Gasteiger partial charge on any atom is -0.261 e. The third-order valence-electron chi connectivity index (χ3n) is 2.60. The predicted octanol–water partition coefficient (Wildman–Crippen LogP) is 4.05. The molecule has 0 fully saturated rings. The molecular weight excluding hydrogens is 237 g/mol. The van der Waals surface area contributed by atoms with E-state index in [1.165, 1.54) is 6.07 Å². The highest BCUT2D eigenvalue weighted by Gasteiger charge is 2.13. The Bertz CT molecular complexity index is 496. The maximum atomic E-state index is 13.5. The number of alkyl halides is 1. The molecule has 0 radical (unpaired) electrons. The van der Waals surface area contributed by atoms with Gasteiger partial charge >= 0.3 is 0 Å². The highest BCUT2D eigenvalue weighted by atomic mass is 35.5. The first kappa shape index (κ1) is 12.1. The smallest absolute Gasteiger partial charge is 0.127 e. The van der Waals surface area contributed by atoms with Crippen molar-refractivity contribution in [2.24, 2.45) is 0 Å². The number of benzene rings is 1. The van der Waals surface area contributed by atoms with Crippen molar-refractivity contribution < 1.29 is 4.39 Å². The molecule has 0 bridgehead atoms. The fourth-order valence-electron chi connectivity index (χ4n) is 1.64. The molecule has 0 amide bonds. The molecule has 3 heteroatoms. The molecule has 0 saturated heterocycles. The Balaban J connectivity index is 2.14. The average molecular weight is 250 g/mol. The average Bonchev–Trinajstić information content (AvgIpc) is 2.32. The van der Waals surface area contributed by atoms with Gasteiger partial charge in [-0.1, -0.05) is 24.3 Å². The number of hydrogen-bond donors (Lipinski definition) is 0. The number of hydrogen-bond acceptors (Lipinski definition) is 1. The second-order valence-electron chi connectivity index (χ2n) is 4.02. The van der Waals surface area contributed by atoms with Crippen molar-refractivity contribution >= 4 is 11.6 Å². The minimum absolute atomic E-state index is 0.264. The van der Waals surface area contributed by atoms with Crippen LogP contribution in [-0.4, -0.2) is 4.98 Å². The standard InChI is InChI=1S/C14H13ClFN/c1-10-6-7-11(17-9-10)8-13(15)12-4-2-3-5-14(12)16/h2-7,9,13H,8H2,1H3. The van der Waals surface area contributed by atoms with Gasteiger partial charge in [-0.3, -0.25) is 4.98 Å². The molecule has 1 unspecified atom stereocenters. The quantitative estimate of drug-likeness (QED) is 0.748. The topological polar surface area (TPSA) is 12.9 Å². The Labute approximate surface area is 105 Å². The van der Waals surface area contributed by atoms with E-state index in [-0.39, 0.29) is 11.2 Å².